The summed E-state index contributed by atoms with van der Waals surface area (Å²) in [6, 6.07) is 7.20. The number of nitrogen functional groups attached to an aromatic ring is 1. The maximum atomic E-state index is 12.5. The Hall–Kier alpha value is -2.73. The van der Waals surface area contributed by atoms with Crippen molar-refractivity contribution in [1.82, 2.24) is 0 Å². The van der Waals surface area contributed by atoms with Crippen LogP contribution in [0, 0.1) is 10.1 Å². The summed E-state index contributed by atoms with van der Waals surface area (Å²) < 4.78 is 0. The molecule has 0 saturated carbocycles. The van der Waals surface area contributed by atoms with Gasteiger partial charge in [0.05, 0.1) is 21.1 Å². The molecular formula is C14H7ClN2O4. The number of rotatable bonds is 1. The molecule has 0 saturated heterocycles. The van der Waals surface area contributed by atoms with Crippen molar-refractivity contribution in [3.8, 4) is 0 Å². The summed E-state index contributed by atoms with van der Waals surface area (Å²) in [6.07, 6.45) is 0. The van der Waals surface area contributed by atoms with E-state index >= 15 is 0 Å². The molecule has 1 aliphatic rings. The molecule has 0 radical (unpaired) electrons. The van der Waals surface area contributed by atoms with Crippen LogP contribution in [0.4, 0.5) is 11.4 Å². The Bertz CT molecular complexity index is 845. The van der Waals surface area contributed by atoms with E-state index in [4.69, 9.17) is 17.3 Å². The number of nitrogens with two attached hydrogens (primary N) is 1. The van der Waals surface area contributed by atoms with Gasteiger partial charge in [0, 0.05) is 17.2 Å². The minimum atomic E-state index is -0.736. The summed E-state index contributed by atoms with van der Waals surface area (Å²) in [4.78, 5) is 35.2. The zero-order valence-corrected chi connectivity index (χ0v) is 11.2. The fourth-order valence-corrected chi connectivity index (χ4v) is 2.69. The SMILES string of the molecule is Nc1c([N+](=O)[O-])cc(Cl)c2c1C(=O)c1ccccc1C2=O. The minimum absolute atomic E-state index is 0.0801. The Morgan fingerprint density at radius 3 is 2.10 bits per heavy atom. The number of nitrogens with zero attached hydrogens (tertiary/aromatic N) is 1. The molecule has 0 amide bonds. The monoisotopic (exact) mass is 302 g/mol. The van der Waals surface area contributed by atoms with Gasteiger partial charge in [0.15, 0.2) is 11.6 Å². The van der Waals surface area contributed by atoms with Crippen LogP contribution in [0.2, 0.25) is 5.02 Å². The van der Waals surface area contributed by atoms with Crippen LogP contribution in [0.1, 0.15) is 31.8 Å². The summed E-state index contributed by atoms with van der Waals surface area (Å²) in [6.45, 7) is 0. The average molecular weight is 303 g/mol. The Balaban J connectivity index is 2.41. The molecule has 2 aromatic carbocycles. The van der Waals surface area contributed by atoms with E-state index in [0.29, 0.717) is 0 Å². The van der Waals surface area contributed by atoms with E-state index in [2.05, 4.69) is 0 Å². The second-order valence-electron chi connectivity index (χ2n) is 4.50. The van der Waals surface area contributed by atoms with Crippen molar-refractivity contribution >= 4 is 34.5 Å². The number of hydrogen-bond acceptors (Lipinski definition) is 5. The lowest BCUT2D eigenvalue weighted by Gasteiger charge is -2.19. The first-order valence-corrected chi connectivity index (χ1v) is 6.26. The molecule has 0 heterocycles. The molecule has 0 atom stereocenters. The van der Waals surface area contributed by atoms with Crippen molar-refractivity contribution in [3.05, 3.63) is 67.7 Å². The minimum Gasteiger partial charge on any atom is -0.393 e. The highest BCUT2D eigenvalue weighted by Gasteiger charge is 2.36. The van der Waals surface area contributed by atoms with Crippen molar-refractivity contribution in [1.29, 1.82) is 0 Å². The van der Waals surface area contributed by atoms with Crippen molar-refractivity contribution < 1.29 is 14.5 Å². The lowest BCUT2D eigenvalue weighted by Crippen LogP contribution is -2.23. The van der Waals surface area contributed by atoms with Crippen LogP contribution in [-0.2, 0) is 0 Å². The molecule has 3 rings (SSSR count). The number of fused-ring (bicyclic) bond motifs is 2. The number of benzene rings is 2. The van der Waals surface area contributed by atoms with Crippen LogP contribution in [0.25, 0.3) is 0 Å². The molecule has 0 aromatic heterocycles. The molecule has 0 aliphatic heterocycles. The van der Waals surface area contributed by atoms with Crippen LogP contribution in [0.5, 0.6) is 0 Å². The quantitative estimate of drug-likeness (QED) is 0.423. The lowest BCUT2D eigenvalue weighted by molar-refractivity contribution is -0.383. The fraction of sp³-hybridized carbons (Fsp3) is 0. The maximum absolute atomic E-state index is 12.5. The molecule has 6 nitrogen and oxygen atoms in total. The third-order valence-electron chi connectivity index (χ3n) is 3.36. The largest absolute Gasteiger partial charge is 0.393 e. The number of nitro benzene ring substituents is 1. The van der Waals surface area contributed by atoms with Crippen LogP contribution in [-0.4, -0.2) is 16.5 Å². The van der Waals surface area contributed by atoms with Gasteiger partial charge in [0.1, 0.15) is 5.69 Å². The first-order valence-electron chi connectivity index (χ1n) is 5.88. The van der Waals surface area contributed by atoms with E-state index in [9.17, 15) is 19.7 Å². The molecule has 0 spiro atoms. The molecule has 104 valence electrons. The molecule has 0 unspecified atom stereocenters. The normalized spacial score (nSPS) is 12.8. The number of anilines is 1. The number of carbonyl (C=O) groups excluding carboxylic acids is 2. The fourth-order valence-electron chi connectivity index (χ4n) is 2.41. The van der Waals surface area contributed by atoms with E-state index in [0.717, 1.165) is 6.07 Å². The van der Waals surface area contributed by atoms with Crippen LogP contribution in [0.15, 0.2) is 30.3 Å². The van der Waals surface area contributed by atoms with Crippen molar-refractivity contribution in [2.75, 3.05) is 5.73 Å². The predicted molar refractivity (Wildman–Crippen MR) is 75.8 cm³/mol. The van der Waals surface area contributed by atoms with Crippen LogP contribution >= 0.6 is 11.6 Å². The highest BCUT2D eigenvalue weighted by molar-refractivity contribution is 6.40. The Kier molecular flexibility index (Phi) is 2.77. The van der Waals surface area contributed by atoms with Gasteiger partial charge >= 0.3 is 0 Å². The Labute approximate surface area is 123 Å². The lowest BCUT2D eigenvalue weighted by atomic mass is 9.83. The molecular weight excluding hydrogens is 296 g/mol. The van der Waals surface area contributed by atoms with Gasteiger partial charge in [0.25, 0.3) is 5.69 Å². The standard InChI is InChI=1S/C14H7ClN2O4/c15-8-5-9(17(20)21)12(16)11-10(8)13(18)6-3-1-2-4-7(6)14(11)19/h1-5H,16H2. The zero-order chi connectivity index (χ0) is 15.3. The van der Waals surface area contributed by atoms with Crippen molar-refractivity contribution in [2.45, 2.75) is 0 Å². The van der Waals surface area contributed by atoms with Gasteiger partial charge in [-0.05, 0) is 0 Å². The van der Waals surface area contributed by atoms with Gasteiger partial charge in [-0.15, -0.1) is 0 Å². The van der Waals surface area contributed by atoms with E-state index in [-0.39, 0.29) is 33.0 Å². The summed E-state index contributed by atoms with van der Waals surface area (Å²) in [5.74, 6) is -1.00. The molecule has 0 fully saturated rings. The average Bonchev–Trinajstić information content (AvgIpc) is 2.46. The molecule has 2 aromatic rings. The van der Waals surface area contributed by atoms with Crippen LogP contribution in [0.3, 0.4) is 0 Å². The molecule has 2 N–H and O–H groups in total. The number of nitro groups is 1. The third kappa shape index (κ3) is 1.73. The summed E-state index contributed by atoms with van der Waals surface area (Å²) in [7, 11) is 0. The number of carbonyl (C=O) groups is 2. The van der Waals surface area contributed by atoms with Crippen LogP contribution < -0.4 is 5.73 Å². The van der Waals surface area contributed by atoms with Crippen molar-refractivity contribution in [2.24, 2.45) is 0 Å². The van der Waals surface area contributed by atoms with E-state index in [1.165, 1.54) is 12.1 Å². The Morgan fingerprint density at radius 2 is 1.57 bits per heavy atom. The first kappa shape index (κ1) is 13.3. The van der Waals surface area contributed by atoms with E-state index < -0.39 is 22.2 Å². The number of halogens is 1. The van der Waals surface area contributed by atoms with Gasteiger partial charge in [-0.2, -0.15) is 0 Å². The highest BCUT2D eigenvalue weighted by atomic mass is 35.5. The number of ketones is 2. The summed E-state index contributed by atoms with van der Waals surface area (Å²) in [5, 5.41) is 10.8. The highest BCUT2D eigenvalue weighted by Crippen LogP contribution is 2.39. The molecule has 21 heavy (non-hydrogen) atoms. The smallest absolute Gasteiger partial charge is 0.294 e. The Morgan fingerprint density at radius 1 is 1.05 bits per heavy atom. The van der Waals surface area contributed by atoms with Gasteiger partial charge in [-0.1, -0.05) is 35.9 Å². The summed E-state index contributed by atoms with van der Waals surface area (Å²) in [5.41, 5.74) is 4.98. The first-order chi connectivity index (χ1) is 9.93. The van der Waals surface area contributed by atoms with Gasteiger partial charge < -0.3 is 5.73 Å². The topological polar surface area (TPSA) is 103 Å². The van der Waals surface area contributed by atoms with E-state index in [1.807, 2.05) is 0 Å². The van der Waals surface area contributed by atoms with Gasteiger partial charge in [0.2, 0.25) is 0 Å². The maximum Gasteiger partial charge on any atom is 0.294 e. The molecule has 1 aliphatic carbocycles. The third-order valence-corrected chi connectivity index (χ3v) is 3.66. The number of hydrogen-bond donors (Lipinski definition) is 1. The second kappa shape index (κ2) is 4.39. The van der Waals surface area contributed by atoms with Gasteiger partial charge in [-0.3, -0.25) is 19.7 Å². The second-order valence-corrected chi connectivity index (χ2v) is 4.91. The molecule has 7 heteroatoms. The predicted octanol–water partition coefficient (Wildman–Crippen LogP) is 2.61. The van der Waals surface area contributed by atoms with Crippen molar-refractivity contribution in [3.63, 3.8) is 0 Å². The molecule has 0 bridgehead atoms. The zero-order valence-electron chi connectivity index (χ0n) is 10.4. The summed E-state index contributed by atoms with van der Waals surface area (Å²) >= 11 is 5.96. The van der Waals surface area contributed by atoms with E-state index in [1.54, 1.807) is 12.1 Å². The van der Waals surface area contributed by atoms with Gasteiger partial charge in [-0.25, -0.2) is 0 Å².